The highest BCUT2D eigenvalue weighted by molar-refractivity contribution is 7.14. The first kappa shape index (κ1) is 19.7. The third-order valence-electron chi connectivity index (χ3n) is 4.05. The fourth-order valence-electron chi connectivity index (χ4n) is 2.60. The Kier molecular flexibility index (Phi) is 6.49. The number of benzene rings is 1. The summed E-state index contributed by atoms with van der Waals surface area (Å²) in [7, 11) is 0. The van der Waals surface area contributed by atoms with Gasteiger partial charge >= 0.3 is 5.97 Å². The van der Waals surface area contributed by atoms with Crippen molar-refractivity contribution in [2.75, 3.05) is 6.61 Å². The molecule has 0 spiro atoms. The van der Waals surface area contributed by atoms with Crippen LogP contribution >= 0.6 is 11.3 Å². The van der Waals surface area contributed by atoms with Gasteiger partial charge in [0.25, 0.3) is 0 Å². The van der Waals surface area contributed by atoms with E-state index in [2.05, 4.69) is 10.3 Å². The van der Waals surface area contributed by atoms with Crippen LogP contribution in [0.3, 0.4) is 0 Å². The topological polar surface area (TPSA) is 85.4 Å². The van der Waals surface area contributed by atoms with Gasteiger partial charge in [0, 0.05) is 29.3 Å². The summed E-state index contributed by atoms with van der Waals surface area (Å²) in [6.45, 7) is 1.53. The first-order valence-corrected chi connectivity index (χ1v) is 9.69. The molecule has 0 aliphatic rings. The van der Waals surface area contributed by atoms with E-state index in [1.165, 1.54) is 18.3 Å². The van der Waals surface area contributed by atoms with Gasteiger partial charge < -0.3 is 10.1 Å². The van der Waals surface area contributed by atoms with E-state index < -0.39 is 5.97 Å². The van der Waals surface area contributed by atoms with Gasteiger partial charge in [-0.1, -0.05) is 24.3 Å². The van der Waals surface area contributed by atoms with E-state index in [1.54, 1.807) is 12.1 Å². The van der Waals surface area contributed by atoms with Crippen molar-refractivity contribution in [3.8, 4) is 0 Å². The van der Waals surface area contributed by atoms with Crippen molar-refractivity contribution >= 4 is 39.9 Å². The maximum atomic E-state index is 12.2. The lowest BCUT2D eigenvalue weighted by atomic mass is 10.1. The summed E-state index contributed by atoms with van der Waals surface area (Å²) in [5, 5.41) is 3.73. The van der Waals surface area contributed by atoms with Gasteiger partial charge in [0.2, 0.25) is 11.7 Å². The molecule has 6 nitrogen and oxygen atoms in total. The van der Waals surface area contributed by atoms with Gasteiger partial charge in [-0.2, -0.15) is 0 Å². The molecule has 3 aromatic rings. The fraction of sp³-hybridized carbons (Fsp3) is 0.238. The lowest BCUT2D eigenvalue weighted by Crippen LogP contribution is -2.18. The van der Waals surface area contributed by atoms with Crippen LogP contribution in [0.5, 0.6) is 0 Å². The van der Waals surface area contributed by atoms with Crippen LogP contribution in [0.1, 0.15) is 33.6 Å². The molecule has 1 N–H and O–H groups in total. The number of pyridine rings is 1. The lowest BCUT2D eigenvalue weighted by Gasteiger charge is -2.04. The van der Waals surface area contributed by atoms with Crippen molar-refractivity contribution in [1.29, 1.82) is 0 Å². The highest BCUT2D eigenvalue weighted by Crippen LogP contribution is 2.17. The molecule has 0 fully saturated rings. The average Bonchev–Trinajstić information content (AvgIpc) is 3.18. The minimum Gasteiger partial charge on any atom is -0.457 e. The molecular formula is C21H20N2O4S. The summed E-state index contributed by atoms with van der Waals surface area (Å²) < 4.78 is 5.10. The van der Waals surface area contributed by atoms with Crippen LogP contribution in [0.25, 0.3) is 10.9 Å². The van der Waals surface area contributed by atoms with Crippen molar-refractivity contribution in [1.82, 2.24) is 10.3 Å². The van der Waals surface area contributed by atoms with Crippen molar-refractivity contribution in [2.24, 2.45) is 0 Å². The van der Waals surface area contributed by atoms with Crippen LogP contribution in [-0.4, -0.2) is 29.3 Å². The minimum absolute atomic E-state index is 0.129. The first-order valence-electron chi connectivity index (χ1n) is 8.88. The maximum Gasteiger partial charge on any atom is 0.306 e. The predicted octanol–water partition coefficient (Wildman–Crippen LogP) is 3.29. The number of hydrogen-bond acceptors (Lipinski definition) is 6. The second-order valence-corrected chi connectivity index (χ2v) is 7.42. The zero-order valence-corrected chi connectivity index (χ0v) is 16.3. The Hall–Kier alpha value is -3.06. The molecule has 28 heavy (non-hydrogen) atoms. The van der Waals surface area contributed by atoms with Gasteiger partial charge in [0.05, 0.1) is 23.4 Å². The summed E-state index contributed by atoms with van der Waals surface area (Å²) in [6, 6.07) is 15.1. The molecule has 144 valence electrons. The number of ketones is 1. The number of nitrogens with one attached hydrogen (secondary N) is 1. The molecule has 1 amide bonds. The first-order chi connectivity index (χ1) is 13.5. The number of Topliss-reactive ketones (excluding diaryl/α,β-unsaturated/α-hetero) is 1. The molecule has 0 atom stereocenters. The Balaban J connectivity index is 1.45. The van der Waals surface area contributed by atoms with Crippen molar-refractivity contribution in [2.45, 2.75) is 26.3 Å². The number of amides is 1. The molecular weight excluding hydrogens is 376 g/mol. The fourth-order valence-corrected chi connectivity index (χ4v) is 3.47. The zero-order chi connectivity index (χ0) is 19.9. The average molecular weight is 396 g/mol. The Morgan fingerprint density at radius 3 is 2.71 bits per heavy atom. The second-order valence-electron chi connectivity index (χ2n) is 6.25. The van der Waals surface area contributed by atoms with Crippen LogP contribution < -0.4 is 5.32 Å². The second kappa shape index (κ2) is 9.23. The van der Waals surface area contributed by atoms with Crippen LogP contribution in [0.4, 0.5) is 0 Å². The van der Waals surface area contributed by atoms with E-state index in [1.807, 2.05) is 36.4 Å². The van der Waals surface area contributed by atoms with Crippen LogP contribution in [0, 0.1) is 0 Å². The third-order valence-corrected chi connectivity index (χ3v) is 5.18. The number of ether oxygens (including phenoxy) is 1. The number of carbonyl (C=O) groups excluding carboxylic acids is 3. The number of fused-ring (bicyclic) bond motifs is 1. The highest BCUT2D eigenvalue weighted by Gasteiger charge is 2.13. The third kappa shape index (κ3) is 5.47. The van der Waals surface area contributed by atoms with Crippen molar-refractivity contribution in [3.05, 3.63) is 64.0 Å². The number of esters is 1. The van der Waals surface area contributed by atoms with E-state index in [0.717, 1.165) is 21.5 Å². The SMILES string of the molecule is CC(=O)NCc1ccc(C(=O)COC(=O)CCc2ccc3ccccc3n2)s1. The number of hydrogen-bond donors (Lipinski definition) is 1. The Morgan fingerprint density at radius 1 is 1.07 bits per heavy atom. The van der Waals surface area contributed by atoms with E-state index >= 15 is 0 Å². The van der Waals surface area contributed by atoms with Gasteiger partial charge in [-0.15, -0.1) is 11.3 Å². The number of thiophene rings is 1. The summed E-state index contributed by atoms with van der Waals surface area (Å²) in [6.07, 6.45) is 0.620. The Labute approximate surface area is 166 Å². The molecule has 0 unspecified atom stereocenters. The Bertz CT molecular complexity index is 1010. The van der Waals surface area contributed by atoms with Gasteiger partial charge in [-0.05, 0) is 24.3 Å². The summed E-state index contributed by atoms with van der Waals surface area (Å²) >= 11 is 1.28. The summed E-state index contributed by atoms with van der Waals surface area (Å²) in [4.78, 5) is 40.9. The number of para-hydroxylation sites is 1. The number of carbonyl (C=O) groups is 3. The van der Waals surface area contributed by atoms with E-state index in [4.69, 9.17) is 4.74 Å². The highest BCUT2D eigenvalue weighted by atomic mass is 32.1. The molecule has 0 aliphatic heterocycles. The molecule has 2 aromatic heterocycles. The molecule has 2 heterocycles. The monoisotopic (exact) mass is 396 g/mol. The van der Waals surface area contributed by atoms with Crippen molar-refractivity contribution in [3.63, 3.8) is 0 Å². The van der Waals surface area contributed by atoms with Crippen molar-refractivity contribution < 1.29 is 19.1 Å². The lowest BCUT2D eigenvalue weighted by molar-refractivity contribution is -0.142. The summed E-state index contributed by atoms with van der Waals surface area (Å²) in [5.41, 5.74) is 1.69. The van der Waals surface area contributed by atoms with Gasteiger partial charge in [-0.25, -0.2) is 0 Å². The van der Waals surface area contributed by atoms with Gasteiger partial charge in [-0.3, -0.25) is 19.4 Å². The molecule has 0 saturated carbocycles. The van der Waals surface area contributed by atoms with Gasteiger partial charge in [0.15, 0.2) is 6.61 Å². The number of aryl methyl sites for hydroxylation is 1. The molecule has 0 aliphatic carbocycles. The number of aromatic nitrogens is 1. The largest absolute Gasteiger partial charge is 0.457 e. The van der Waals surface area contributed by atoms with Crippen LogP contribution in [-0.2, 0) is 27.3 Å². The smallest absolute Gasteiger partial charge is 0.306 e. The Morgan fingerprint density at radius 2 is 1.89 bits per heavy atom. The zero-order valence-electron chi connectivity index (χ0n) is 15.4. The molecule has 3 rings (SSSR count). The van der Waals surface area contributed by atoms with Crippen LogP contribution in [0.2, 0.25) is 0 Å². The molecule has 0 saturated heterocycles. The minimum atomic E-state index is -0.432. The quantitative estimate of drug-likeness (QED) is 0.466. The molecule has 0 radical (unpaired) electrons. The van der Waals surface area contributed by atoms with Gasteiger partial charge in [0.1, 0.15) is 0 Å². The van der Waals surface area contributed by atoms with Crippen LogP contribution in [0.15, 0.2) is 48.5 Å². The molecule has 0 bridgehead atoms. The number of rotatable bonds is 8. The molecule has 7 heteroatoms. The normalized spacial score (nSPS) is 10.6. The number of nitrogens with zero attached hydrogens (tertiary/aromatic N) is 1. The predicted molar refractivity (Wildman–Crippen MR) is 107 cm³/mol. The molecule has 1 aromatic carbocycles. The maximum absolute atomic E-state index is 12.2. The van der Waals surface area contributed by atoms with E-state index in [0.29, 0.717) is 17.8 Å². The van der Waals surface area contributed by atoms with E-state index in [-0.39, 0.29) is 24.7 Å². The van der Waals surface area contributed by atoms with E-state index in [9.17, 15) is 14.4 Å². The standard InChI is InChI=1S/C21H20N2O4S/c1-14(24)22-12-17-9-10-20(28-17)19(25)13-27-21(26)11-8-16-7-6-15-4-2-3-5-18(15)23-16/h2-7,9-10H,8,11-13H2,1H3,(H,22,24). The summed E-state index contributed by atoms with van der Waals surface area (Å²) in [5.74, 6) is -0.814.